The molecule has 2 nitrogen and oxygen atoms in total. The van der Waals surface area contributed by atoms with Crippen LogP contribution in [0.25, 0.3) is 32.3 Å². The van der Waals surface area contributed by atoms with Crippen molar-refractivity contribution in [3.63, 3.8) is 0 Å². The van der Waals surface area contributed by atoms with Crippen molar-refractivity contribution in [3.8, 4) is 0 Å². The monoisotopic (exact) mass is 264 g/mol. The molecule has 0 aliphatic rings. The first-order valence-electron chi connectivity index (χ1n) is 6.21. The maximum Gasteiger partial charge on any atom is -0.0171 e. The van der Waals surface area contributed by atoms with Crippen LogP contribution >= 0.6 is 0 Å². The van der Waals surface area contributed by atoms with E-state index in [0.29, 0.717) is 0 Å². The predicted octanol–water partition coefficient (Wildman–Crippen LogP) is 3.50. The summed E-state index contributed by atoms with van der Waals surface area (Å²) in [5.41, 5.74) is 0. The number of rotatable bonds is 0. The average Bonchev–Trinajstić information content (AvgIpc) is 2.42. The van der Waals surface area contributed by atoms with Crippen LogP contribution in [0.3, 0.4) is 0 Å². The van der Waals surface area contributed by atoms with Gasteiger partial charge in [0, 0.05) is 0 Å². The zero-order valence-electron chi connectivity index (χ0n) is 10.9. The second-order valence-electron chi connectivity index (χ2n) is 4.75. The van der Waals surface area contributed by atoms with Crippen molar-refractivity contribution in [2.45, 2.75) is 0 Å². The summed E-state index contributed by atoms with van der Waals surface area (Å²) in [7, 11) is 0. The van der Waals surface area contributed by atoms with Crippen molar-refractivity contribution in [2.75, 3.05) is 0 Å². The molecule has 0 atom stereocenters. The fourth-order valence-electron chi connectivity index (χ4n) is 2.63. The van der Waals surface area contributed by atoms with Gasteiger partial charge in [0.15, 0.2) is 0 Å². The molecule has 0 heterocycles. The van der Waals surface area contributed by atoms with Gasteiger partial charge in [-0.2, -0.15) is 0 Å². The Morgan fingerprint density at radius 3 is 0.850 bits per heavy atom. The quantitative estimate of drug-likeness (QED) is 0.436. The van der Waals surface area contributed by atoms with E-state index in [2.05, 4.69) is 72.8 Å². The van der Waals surface area contributed by atoms with Gasteiger partial charge < -0.3 is 11.0 Å². The van der Waals surface area contributed by atoms with Gasteiger partial charge in [0.2, 0.25) is 0 Å². The summed E-state index contributed by atoms with van der Waals surface area (Å²) in [6, 6.07) is 26.2. The predicted molar refractivity (Wildman–Crippen MR) is 86.2 cm³/mol. The van der Waals surface area contributed by atoms with Crippen molar-refractivity contribution in [2.24, 2.45) is 0 Å². The first kappa shape index (κ1) is 14.0. The highest BCUT2D eigenvalue weighted by Crippen LogP contribution is 2.27. The van der Waals surface area contributed by atoms with Crippen LogP contribution in [-0.4, -0.2) is 11.0 Å². The molecule has 0 spiro atoms. The van der Waals surface area contributed by atoms with Crippen LogP contribution in [-0.2, 0) is 0 Å². The van der Waals surface area contributed by atoms with Crippen LogP contribution in [0.1, 0.15) is 0 Å². The summed E-state index contributed by atoms with van der Waals surface area (Å²) < 4.78 is 0. The Labute approximate surface area is 116 Å². The molecule has 0 saturated carbocycles. The van der Waals surface area contributed by atoms with Gasteiger partial charge in [0.05, 0.1) is 0 Å². The minimum Gasteiger partial charge on any atom is -0.412 e. The molecule has 100 valence electrons. The summed E-state index contributed by atoms with van der Waals surface area (Å²) in [5.74, 6) is 0. The molecule has 4 rings (SSSR count). The number of fused-ring (bicyclic) bond motifs is 3. The summed E-state index contributed by atoms with van der Waals surface area (Å²) in [5, 5.41) is 7.85. The van der Waals surface area contributed by atoms with Crippen molar-refractivity contribution in [3.05, 3.63) is 72.8 Å². The van der Waals surface area contributed by atoms with E-state index in [-0.39, 0.29) is 11.0 Å². The van der Waals surface area contributed by atoms with E-state index < -0.39 is 0 Å². The lowest BCUT2D eigenvalue weighted by molar-refractivity contribution is 0.823. The Kier molecular flexibility index (Phi) is 3.70. The lowest BCUT2D eigenvalue weighted by atomic mass is 10.00. The van der Waals surface area contributed by atoms with Crippen LogP contribution < -0.4 is 0 Å². The van der Waals surface area contributed by atoms with E-state index in [1.54, 1.807) is 0 Å². The molecule has 0 bridgehead atoms. The zero-order valence-corrected chi connectivity index (χ0v) is 10.9. The van der Waals surface area contributed by atoms with E-state index >= 15 is 0 Å². The molecule has 4 N–H and O–H groups in total. The lowest BCUT2D eigenvalue weighted by Crippen LogP contribution is -1.78. The molecule has 0 aliphatic carbocycles. The van der Waals surface area contributed by atoms with E-state index in [4.69, 9.17) is 0 Å². The zero-order chi connectivity index (χ0) is 11.9. The smallest absolute Gasteiger partial charge is 0.0171 e. The molecule has 0 amide bonds. The molecular formula is C18H16O2. The van der Waals surface area contributed by atoms with Gasteiger partial charge >= 0.3 is 0 Å². The third kappa shape index (κ3) is 2.11. The molecule has 2 heteroatoms. The van der Waals surface area contributed by atoms with E-state index in [1.807, 2.05) is 0 Å². The first-order valence-corrected chi connectivity index (χ1v) is 6.21. The highest BCUT2D eigenvalue weighted by Gasteiger charge is 2.00. The number of benzene rings is 4. The van der Waals surface area contributed by atoms with Gasteiger partial charge in [-0.3, -0.25) is 0 Å². The SMILES string of the molecule is O.O.c1ccc2cc3cc4ccccc4cc3cc2c1. The van der Waals surface area contributed by atoms with Crippen molar-refractivity contribution in [1.29, 1.82) is 0 Å². The Hall–Kier alpha value is -2.42. The standard InChI is InChI=1S/C18H12.2H2O/c1-2-6-14-10-18-12-16-8-4-3-7-15(16)11-17(18)9-13(14)5-1;;/h1-12H;2*1H2. The molecule has 0 unspecified atom stereocenters. The fourth-order valence-corrected chi connectivity index (χ4v) is 2.63. The van der Waals surface area contributed by atoms with Gasteiger partial charge in [-0.25, -0.2) is 0 Å². The van der Waals surface area contributed by atoms with Crippen molar-refractivity contribution < 1.29 is 11.0 Å². The highest BCUT2D eigenvalue weighted by molar-refractivity contribution is 6.04. The Balaban J connectivity index is 0.000000735. The maximum atomic E-state index is 2.27. The third-order valence-corrected chi connectivity index (χ3v) is 3.57. The molecular weight excluding hydrogens is 248 g/mol. The van der Waals surface area contributed by atoms with Crippen LogP contribution in [0.2, 0.25) is 0 Å². The van der Waals surface area contributed by atoms with E-state index in [9.17, 15) is 0 Å². The maximum absolute atomic E-state index is 2.27. The molecule has 0 radical (unpaired) electrons. The second-order valence-corrected chi connectivity index (χ2v) is 4.75. The molecule has 0 saturated heterocycles. The number of hydrogen-bond donors (Lipinski definition) is 0. The van der Waals surface area contributed by atoms with Crippen molar-refractivity contribution in [1.82, 2.24) is 0 Å². The summed E-state index contributed by atoms with van der Waals surface area (Å²) in [6.07, 6.45) is 0. The van der Waals surface area contributed by atoms with Crippen molar-refractivity contribution >= 4 is 32.3 Å². The minimum atomic E-state index is 0. The highest BCUT2D eigenvalue weighted by atomic mass is 16.0. The van der Waals surface area contributed by atoms with Crippen LogP contribution in [0.4, 0.5) is 0 Å². The van der Waals surface area contributed by atoms with Gasteiger partial charge in [-0.1, -0.05) is 48.5 Å². The van der Waals surface area contributed by atoms with Crippen LogP contribution in [0, 0.1) is 0 Å². The second kappa shape index (κ2) is 5.29. The molecule has 20 heavy (non-hydrogen) atoms. The normalized spacial score (nSPS) is 10.2. The summed E-state index contributed by atoms with van der Waals surface area (Å²) in [4.78, 5) is 0. The summed E-state index contributed by atoms with van der Waals surface area (Å²) >= 11 is 0. The van der Waals surface area contributed by atoms with Gasteiger partial charge in [-0.15, -0.1) is 0 Å². The molecule has 0 aromatic heterocycles. The van der Waals surface area contributed by atoms with Gasteiger partial charge in [-0.05, 0) is 56.6 Å². The Morgan fingerprint density at radius 2 is 0.600 bits per heavy atom. The fraction of sp³-hybridized carbons (Fsp3) is 0. The van der Waals surface area contributed by atoms with Crippen LogP contribution in [0.5, 0.6) is 0 Å². The van der Waals surface area contributed by atoms with E-state index in [0.717, 1.165) is 0 Å². The van der Waals surface area contributed by atoms with E-state index in [1.165, 1.54) is 32.3 Å². The Bertz CT molecular complexity index is 738. The van der Waals surface area contributed by atoms with Gasteiger partial charge in [0.25, 0.3) is 0 Å². The third-order valence-electron chi connectivity index (χ3n) is 3.57. The minimum absolute atomic E-state index is 0. The average molecular weight is 264 g/mol. The molecule has 4 aromatic carbocycles. The lowest BCUT2D eigenvalue weighted by Gasteiger charge is -2.04. The first-order chi connectivity index (χ1) is 8.90. The Morgan fingerprint density at radius 1 is 0.350 bits per heavy atom. The van der Waals surface area contributed by atoms with Gasteiger partial charge in [0.1, 0.15) is 0 Å². The molecule has 4 aromatic rings. The largest absolute Gasteiger partial charge is 0.412 e. The number of hydrogen-bond acceptors (Lipinski definition) is 0. The molecule has 0 fully saturated rings. The summed E-state index contributed by atoms with van der Waals surface area (Å²) in [6.45, 7) is 0. The molecule has 0 aliphatic heterocycles. The van der Waals surface area contributed by atoms with Crippen LogP contribution in [0.15, 0.2) is 72.8 Å². The topological polar surface area (TPSA) is 63.0 Å².